The number of nitrogen functional groups attached to an aromatic ring is 1. The molecule has 1 aromatic heterocycles. The average molecular weight is 263 g/mol. The molecule has 0 atom stereocenters. The summed E-state index contributed by atoms with van der Waals surface area (Å²) in [6.45, 7) is 0.508. The monoisotopic (exact) mass is 263 g/mol. The second kappa shape index (κ2) is 4.98. The first-order valence-electron chi connectivity index (χ1n) is 6.26. The molecule has 0 saturated heterocycles. The minimum Gasteiger partial charge on any atom is -0.489 e. The van der Waals surface area contributed by atoms with Crippen molar-refractivity contribution in [3.05, 3.63) is 59.7 Å². The number of nitriles is 1. The van der Waals surface area contributed by atoms with Crippen LogP contribution in [0.15, 0.2) is 48.5 Å². The lowest BCUT2D eigenvalue weighted by Gasteiger charge is -2.06. The Bertz CT molecular complexity index is 785. The van der Waals surface area contributed by atoms with Gasteiger partial charge in [0.1, 0.15) is 29.8 Å². The third-order valence-electron chi connectivity index (χ3n) is 3.16. The van der Waals surface area contributed by atoms with E-state index in [1.54, 1.807) is 0 Å². The topological polar surface area (TPSA) is 74.8 Å². The molecule has 0 fully saturated rings. The predicted octanol–water partition coefficient (Wildman–Crippen LogP) is 3.20. The highest BCUT2D eigenvalue weighted by molar-refractivity contribution is 5.91. The average Bonchev–Trinajstić information content (AvgIpc) is 2.80. The van der Waals surface area contributed by atoms with Crippen LogP contribution in [0, 0.1) is 11.3 Å². The van der Waals surface area contributed by atoms with Gasteiger partial charge in [-0.1, -0.05) is 30.3 Å². The zero-order valence-corrected chi connectivity index (χ0v) is 10.8. The largest absolute Gasteiger partial charge is 0.489 e. The predicted molar refractivity (Wildman–Crippen MR) is 78.2 cm³/mol. The van der Waals surface area contributed by atoms with E-state index in [2.05, 4.69) is 11.1 Å². The van der Waals surface area contributed by atoms with E-state index in [-0.39, 0.29) is 0 Å². The van der Waals surface area contributed by atoms with Crippen LogP contribution < -0.4 is 10.5 Å². The molecule has 3 aromatic rings. The Labute approximate surface area is 116 Å². The molecule has 98 valence electrons. The molecule has 20 heavy (non-hydrogen) atoms. The summed E-state index contributed by atoms with van der Waals surface area (Å²) in [4.78, 5) is 2.99. The number of H-pyrrole nitrogens is 1. The standard InChI is InChI=1S/C16H13N3O/c17-9-14-13-7-6-12(8-15(13)19-16(14)18)20-10-11-4-2-1-3-5-11/h1-8,19H,10,18H2. The zero-order valence-electron chi connectivity index (χ0n) is 10.8. The van der Waals surface area contributed by atoms with Gasteiger partial charge in [-0.05, 0) is 17.7 Å². The Morgan fingerprint density at radius 1 is 1.15 bits per heavy atom. The molecule has 2 aromatic carbocycles. The number of hydrogen-bond acceptors (Lipinski definition) is 3. The van der Waals surface area contributed by atoms with Gasteiger partial charge >= 0.3 is 0 Å². The van der Waals surface area contributed by atoms with Crippen molar-refractivity contribution in [2.45, 2.75) is 6.61 Å². The van der Waals surface area contributed by atoms with Gasteiger partial charge in [0.15, 0.2) is 0 Å². The fraction of sp³-hybridized carbons (Fsp3) is 0.0625. The third kappa shape index (κ3) is 2.17. The molecule has 0 saturated carbocycles. The summed E-state index contributed by atoms with van der Waals surface area (Å²) in [6.07, 6.45) is 0. The molecule has 0 aliphatic rings. The fourth-order valence-electron chi connectivity index (χ4n) is 2.15. The summed E-state index contributed by atoms with van der Waals surface area (Å²) in [6, 6.07) is 17.6. The van der Waals surface area contributed by atoms with Crippen molar-refractivity contribution in [2.75, 3.05) is 5.73 Å². The lowest BCUT2D eigenvalue weighted by molar-refractivity contribution is 0.306. The van der Waals surface area contributed by atoms with Gasteiger partial charge in [0, 0.05) is 11.5 Å². The van der Waals surface area contributed by atoms with Gasteiger partial charge in [-0.15, -0.1) is 0 Å². The molecule has 0 aliphatic carbocycles. The van der Waals surface area contributed by atoms with E-state index >= 15 is 0 Å². The highest BCUT2D eigenvalue weighted by Gasteiger charge is 2.09. The van der Waals surface area contributed by atoms with Crippen molar-refractivity contribution >= 4 is 16.7 Å². The molecule has 0 aliphatic heterocycles. The molecule has 4 heteroatoms. The van der Waals surface area contributed by atoms with Crippen molar-refractivity contribution in [3.8, 4) is 11.8 Å². The Morgan fingerprint density at radius 3 is 2.70 bits per heavy atom. The van der Waals surface area contributed by atoms with Gasteiger partial charge in [0.25, 0.3) is 0 Å². The first-order chi connectivity index (χ1) is 9.78. The van der Waals surface area contributed by atoms with Crippen LogP contribution in [0.25, 0.3) is 10.9 Å². The van der Waals surface area contributed by atoms with Gasteiger partial charge in [0.2, 0.25) is 0 Å². The van der Waals surface area contributed by atoms with Crippen molar-refractivity contribution in [1.29, 1.82) is 5.26 Å². The van der Waals surface area contributed by atoms with Gasteiger partial charge in [-0.2, -0.15) is 5.26 Å². The second-order valence-corrected chi connectivity index (χ2v) is 4.51. The Hall–Kier alpha value is -2.93. The van der Waals surface area contributed by atoms with Crippen LogP contribution in [0.3, 0.4) is 0 Å². The highest BCUT2D eigenvalue weighted by Crippen LogP contribution is 2.27. The Morgan fingerprint density at radius 2 is 1.95 bits per heavy atom. The maximum atomic E-state index is 9.05. The van der Waals surface area contributed by atoms with E-state index < -0.39 is 0 Å². The van der Waals surface area contributed by atoms with Crippen molar-refractivity contribution in [3.63, 3.8) is 0 Å². The van der Waals surface area contributed by atoms with E-state index in [9.17, 15) is 0 Å². The summed E-state index contributed by atoms with van der Waals surface area (Å²) in [5.41, 5.74) is 8.16. The van der Waals surface area contributed by atoms with Crippen molar-refractivity contribution < 1.29 is 4.74 Å². The molecule has 0 amide bonds. The molecule has 0 bridgehead atoms. The van der Waals surface area contributed by atoms with Gasteiger partial charge < -0.3 is 15.5 Å². The second-order valence-electron chi connectivity index (χ2n) is 4.51. The SMILES string of the molecule is N#Cc1c(N)[nH]c2cc(OCc3ccccc3)ccc12. The minimum atomic E-state index is 0.391. The maximum Gasteiger partial charge on any atom is 0.121 e. The van der Waals surface area contributed by atoms with Crippen LogP contribution in [0.1, 0.15) is 11.1 Å². The molecular weight excluding hydrogens is 250 g/mol. The number of aromatic nitrogens is 1. The number of benzene rings is 2. The van der Waals surface area contributed by atoms with Crippen LogP contribution in [0.4, 0.5) is 5.82 Å². The van der Waals surface area contributed by atoms with Crippen LogP contribution in [0.5, 0.6) is 5.75 Å². The maximum absolute atomic E-state index is 9.05. The van der Waals surface area contributed by atoms with Crippen LogP contribution in [0.2, 0.25) is 0 Å². The van der Waals surface area contributed by atoms with E-state index in [1.807, 2.05) is 48.5 Å². The third-order valence-corrected chi connectivity index (χ3v) is 3.16. The van der Waals surface area contributed by atoms with Crippen LogP contribution in [-0.2, 0) is 6.61 Å². The van der Waals surface area contributed by atoms with Gasteiger partial charge in [-0.25, -0.2) is 0 Å². The number of hydrogen-bond donors (Lipinski definition) is 2. The number of nitrogens with one attached hydrogen (secondary N) is 1. The lowest BCUT2D eigenvalue weighted by atomic mass is 10.2. The molecule has 0 radical (unpaired) electrons. The van der Waals surface area contributed by atoms with Crippen molar-refractivity contribution in [2.24, 2.45) is 0 Å². The Balaban J connectivity index is 1.85. The normalized spacial score (nSPS) is 10.3. The molecule has 1 heterocycles. The van der Waals surface area contributed by atoms with E-state index in [0.717, 1.165) is 22.2 Å². The molecule has 3 rings (SSSR count). The zero-order chi connectivity index (χ0) is 13.9. The van der Waals surface area contributed by atoms with Crippen molar-refractivity contribution in [1.82, 2.24) is 4.98 Å². The summed E-state index contributed by atoms with van der Waals surface area (Å²) in [5, 5.41) is 9.86. The molecule has 0 unspecified atom stereocenters. The molecule has 3 N–H and O–H groups in total. The summed E-state index contributed by atoms with van der Waals surface area (Å²) >= 11 is 0. The first-order valence-corrected chi connectivity index (χ1v) is 6.26. The number of anilines is 1. The summed E-state index contributed by atoms with van der Waals surface area (Å²) in [5.74, 6) is 1.13. The number of nitrogens with two attached hydrogens (primary N) is 1. The van der Waals surface area contributed by atoms with Crippen LogP contribution >= 0.6 is 0 Å². The van der Waals surface area contributed by atoms with E-state index in [0.29, 0.717) is 18.0 Å². The molecule has 0 spiro atoms. The smallest absolute Gasteiger partial charge is 0.121 e. The highest BCUT2D eigenvalue weighted by atomic mass is 16.5. The number of nitrogens with zero attached hydrogens (tertiary/aromatic N) is 1. The van der Waals surface area contributed by atoms with Crippen LogP contribution in [-0.4, -0.2) is 4.98 Å². The number of ether oxygens (including phenoxy) is 1. The molecule has 4 nitrogen and oxygen atoms in total. The first kappa shape index (κ1) is 12.1. The lowest BCUT2D eigenvalue weighted by Crippen LogP contribution is -1.94. The number of rotatable bonds is 3. The summed E-state index contributed by atoms with van der Waals surface area (Å²) < 4.78 is 5.74. The quantitative estimate of drug-likeness (QED) is 0.762. The fourth-order valence-corrected chi connectivity index (χ4v) is 2.15. The van der Waals surface area contributed by atoms with E-state index in [1.165, 1.54) is 0 Å². The van der Waals surface area contributed by atoms with E-state index in [4.69, 9.17) is 15.7 Å². The molecular formula is C16H13N3O. The number of aromatic amines is 1. The van der Waals surface area contributed by atoms with Gasteiger partial charge in [-0.3, -0.25) is 0 Å². The summed E-state index contributed by atoms with van der Waals surface area (Å²) in [7, 11) is 0. The van der Waals surface area contributed by atoms with Gasteiger partial charge in [0.05, 0.1) is 5.52 Å². The minimum absolute atomic E-state index is 0.391. The number of fused-ring (bicyclic) bond motifs is 1. The Kier molecular flexibility index (Phi) is 3.02.